The Kier molecular flexibility index (Phi) is 2.60. The van der Waals surface area contributed by atoms with Gasteiger partial charge in [0.1, 0.15) is 4.88 Å². The van der Waals surface area contributed by atoms with Gasteiger partial charge in [0, 0.05) is 10.3 Å². The number of esters is 1. The van der Waals surface area contributed by atoms with E-state index in [-0.39, 0.29) is 5.97 Å². The molecule has 2 rings (SSSR count). The summed E-state index contributed by atoms with van der Waals surface area (Å²) in [5.41, 5.74) is 0. The summed E-state index contributed by atoms with van der Waals surface area (Å²) in [7, 11) is 0. The van der Waals surface area contributed by atoms with E-state index >= 15 is 0 Å². The standard InChI is InChI=1S/C9H10O2S2/c10-9(11-4-6-1-2-6)8-3-7(12)5-13-8/h3,5-6,12H,1-2,4H2. The minimum atomic E-state index is -0.211. The molecule has 0 amide bonds. The number of carbonyl (C=O) groups is 1. The molecule has 0 spiro atoms. The molecule has 1 saturated carbocycles. The predicted octanol–water partition coefficient (Wildman–Crippen LogP) is 2.60. The minimum Gasteiger partial charge on any atom is -0.461 e. The summed E-state index contributed by atoms with van der Waals surface area (Å²) in [6.45, 7) is 0.582. The summed E-state index contributed by atoms with van der Waals surface area (Å²) in [5, 5.41) is 1.83. The molecule has 1 aromatic heterocycles. The summed E-state index contributed by atoms with van der Waals surface area (Å²) in [4.78, 5) is 12.8. The molecule has 0 aliphatic heterocycles. The molecule has 1 aliphatic carbocycles. The molecule has 0 bridgehead atoms. The number of hydrogen-bond acceptors (Lipinski definition) is 4. The first-order chi connectivity index (χ1) is 6.25. The second-order valence-corrected chi connectivity index (χ2v) is 4.64. The van der Waals surface area contributed by atoms with Crippen molar-refractivity contribution in [1.82, 2.24) is 0 Å². The van der Waals surface area contributed by atoms with Crippen LogP contribution in [0.1, 0.15) is 22.5 Å². The zero-order chi connectivity index (χ0) is 9.26. The monoisotopic (exact) mass is 214 g/mol. The molecule has 1 heterocycles. The first-order valence-corrected chi connectivity index (χ1v) is 5.53. The topological polar surface area (TPSA) is 26.3 Å². The fourth-order valence-corrected chi connectivity index (χ4v) is 2.02. The summed E-state index contributed by atoms with van der Waals surface area (Å²) in [5.74, 6) is 0.414. The smallest absolute Gasteiger partial charge is 0.348 e. The molecule has 1 aliphatic rings. The van der Waals surface area contributed by atoms with Crippen LogP contribution in [0.5, 0.6) is 0 Å². The van der Waals surface area contributed by atoms with Crippen molar-refractivity contribution in [2.24, 2.45) is 5.92 Å². The summed E-state index contributed by atoms with van der Waals surface area (Å²) < 4.78 is 5.10. The Balaban J connectivity index is 1.88. The molecule has 1 fully saturated rings. The van der Waals surface area contributed by atoms with Crippen molar-refractivity contribution < 1.29 is 9.53 Å². The molecule has 13 heavy (non-hydrogen) atoms. The fraction of sp³-hybridized carbons (Fsp3) is 0.444. The first-order valence-electron chi connectivity index (χ1n) is 4.20. The van der Waals surface area contributed by atoms with Crippen LogP contribution in [-0.2, 0) is 4.74 Å². The van der Waals surface area contributed by atoms with Crippen LogP contribution < -0.4 is 0 Å². The number of ether oxygens (including phenoxy) is 1. The van der Waals surface area contributed by atoms with Crippen LogP contribution in [0.15, 0.2) is 16.3 Å². The number of rotatable bonds is 3. The van der Waals surface area contributed by atoms with E-state index < -0.39 is 0 Å². The number of hydrogen-bond donors (Lipinski definition) is 1. The average molecular weight is 214 g/mol. The second kappa shape index (κ2) is 3.72. The molecule has 0 unspecified atom stereocenters. The predicted molar refractivity (Wildman–Crippen MR) is 54.6 cm³/mol. The van der Waals surface area contributed by atoms with E-state index in [0.29, 0.717) is 17.4 Å². The summed E-state index contributed by atoms with van der Waals surface area (Å²) >= 11 is 5.50. The van der Waals surface area contributed by atoms with Crippen molar-refractivity contribution in [1.29, 1.82) is 0 Å². The maximum absolute atomic E-state index is 11.3. The van der Waals surface area contributed by atoms with Crippen LogP contribution >= 0.6 is 24.0 Å². The van der Waals surface area contributed by atoms with Crippen LogP contribution in [-0.4, -0.2) is 12.6 Å². The van der Waals surface area contributed by atoms with Gasteiger partial charge < -0.3 is 4.74 Å². The van der Waals surface area contributed by atoms with Gasteiger partial charge in [-0.15, -0.1) is 24.0 Å². The maximum atomic E-state index is 11.3. The largest absolute Gasteiger partial charge is 0.461 e. The van der Waals surface area contributed by atoms with E-state index in [4.69, 9.17) is 4.74 Å². The van der Waals surface area contributed by atoms with E-state index in [9.17, 15) is 4.79 Å². The molecule has 1 aromatic rings. The molecule has 0 aromatic carbocycles. The molecular weight excluding hydrogens is 204 g/mol. The molecule has 70 valence electrons. The quantitative estimate of drug-likeness (QED) is 0.618. The van der Waals surface area contributed by atoms with Gasteiger partial charge in [-0.25, -0.2) is 4.79 Å². The zero-order valence-electron chi connectivity index (χ0n) is 7.03. The van der Waals surface area contributed by atoms with E-state index in [1.54, 1.807) is 6.07 Å². The van der Waals surface area contributed by atoms with Gasteiger partial charge in [0.05, 0.1) is 6.61 Å². The van der Waals surface area contributed by atoms with Gasteiger partial charge >= 0.3 is 5.97 Å². The number of carbonyl (C=O) groups excluding carboxylic acids is 1. The Bertz CT molecular complexity index is 315. The third kappa shape index (κ3) is 2.48. The van der Waals surface area contributed by atoms with Crippen LogP contribution in [0, 0.1) is 5.92 Å². The minimum absolute atomic E-state index is 0.211. The van der Waals surface area contributed by atoms with Crippen molar-refractivity contribution in [3.05, 3.63) is 16.3 Å². The van der Waals surface area contributed by atoms with Crippen LogP contribution in [0.2, 0.25) is 0 Å². The molecule has 0 radical (unpaired) electrons. The van der Waals surface area contributed by atoms with Gasteiger partial charge in [-0.1, -0.05) is 0 Å². The third-order valence-corrected chi connectivity index (χ3v) is 3.28. The van der Waals surface area contributed by atoms with Gasteiger partial charge in [0.15, 0.2) is 0 Å². The normalized spacial score (nSPS) is 15.8. The van der Waals surface area contributed by atoms with E-state index in [1.807, 2.05) is 5.38 Å². The molecule has 0 N–H and O–H groups in total. The Hall–Kier alpha value is -0.480. The summed E-state index contributed by atoms with van der Waals surface area (Å²) in [6.07, 6.45) is 2.41. The third-order valence-electron chi connectivity index (χ3n) is 1.93. The lowest BCUT2D eigenvalue weighted by molar-refractivity contribution is 0.0492. The Morgan fingerprint density at radius 3 is 3.00 bits per heavy atom. The van der Waals surface area contributed by atoms with Crippen molar-refractivity contribution in [3.63, 3.8) is 0 Å². The zero-order valence-corrected chi connectivity index (χ0v) is 8.74. The highest BCUT2D eigenvalue weighted by atomic mass is 32.1. The first kappa shape index (κ1) is 9.09. The second-order valence-electron chi connectivity index (χ2n) is 3.21. The van der Waals surface area contributed by atoms with Crippen molar-refractivity contribution in [3.8, 4) is 0 Å². The number of thiol groups is 1. The van der Waals surface area contributed by atoms with E-state index in [2.05, 4.69) is 12.6 Å². The molecule has 2 nitrogen and oxygen atoms in total. The molecule has 0 atom stereocenters. The Morgan fingerprint density at radius 1 is 1.69 bits per heavy atom. The van der Waals surface area contributed by atoms with E-state index in [1.165, 1.54) is 24.2 Å². The average Bonchev–Trinajstić information content (AvgIpc) is 2.84. The van der Waals surface area contributed by atoms with Gasteiger partial charge in [-0.3, -0.25) is 0 Å². The number of thiophene rings is 1. The van der Waals surface area contributed by atoms with Crippen LogP contribution in [0.4, 0.5) is 0 Å². The lowest BCUT2D eigenvalue weighted by Crippen LogP contribution is -2.05. The van der Waals surface area contributed by atoms with E-state index in [0.717, 1.165) is 4.90 Å². The highest BCUT2D eigenvalue weighted by Crippen LogP contribution is 2.29. The lowest BCUT2D eigenvalue weighted by atomic mass is 10.4. The molecule has 4 heteroatoms. The van der Waals surface area contributed by atoms with Gasteiger partial charge in [0.25, 0.3) is 0 Å². The van der Waals surface area contributed by atoms with Crippen molar-refractivity contribution in [2.45, 2.75) is 17.7 Å². The van der Waals surface area contributed by atoms with Crippen LogP contribution in [0.25, 0.3) is 0 Å². The van der Waals surface area contributed by atoms with Crippen molar-refractivity contribution in [2.75, 3.05) is 6.61 Å². The summed E-state index contributed by atoms with van der Waals surface area (Å²) in [6, 6.07) is 1.74. The van der Waals surface area contributed by atoms with Gasteiger partial charge in [0.2, 0.25) is 0 Å². The SMILES string of the molecule is O=C(OCC1CC1)c1cc(S)cs1. The molecular formula is C9H10O2S2. The Labute approximate surface area is 86.3 Å². The lowest BCUT2D eigenvalue weighted by Gasteiger charge is -1.99. The van der Waals surface area contributed by atoms with Crippen LogP contribution in [0.3, 0.4) is 0 Å². The van der Waals surface area contributed by atoms with Crippen molar-refractivity contribution >= 4 is 29.9 Å². The van der Waals surface area contributed by atoms with Gasteiger partial charge in [-0.2, -0.15) is 0 Å². The maximum Gasteiger partial charge on any atom is 0.348 e. The molecule has 0 saturated heterocycles. The highest BCUT2D eigenvalue weighted by molar-refractivity contribution is 7.80. The Morgan fingerprint density at radius 2 is 2.46 bits per heavy atom. The highest BCUT2D eigenvalue weighted by Gasteiger charge is 2.23. The van der Waals surface area contributed by atoms with Gasteiger partial charge in [-0.05, 0) is 24.8 Å². The fourth-order valence-electron chi connectivity index (χ4n) is 0.982.